The first kappa shape index (κ1) is 17.5. The van der Waals surface area contributed by atoms with Gasteiger partial charge in [0.2, 0.25) is 5.91 Å². The molecule has 0 spiro atoms. The second-order valence-electron chi connectivity index (χ2n) is 6.62. The average Bonchev–Trinajstić information content (AvgIpc) is 3.23. The number of carbonyl (C=O) groups excluding carboxylic acids is 2. The van der Waals surface area contributed by atoms with Gasteiger partial charge in [-0.05, 0) is 25.0 Å². The van der Waals surface area contributed by atoms with Gasteiger partial charge in [-0.3, -0.25) is 4.79 Å². The van der Waals surface area contributed by atoms with Crippen LogP contribution >= 0.6 is 11.3 Å². The second-order valence-corrected chi connectivity index (χ2v) is 7.48. The van der Waals surface area contributed by atoms with E-state index in [-0.39, 0.29) is 18.4 Å². The Labute approximate surface area is 160 Å². The van der Waals surface area contributed by atoms with Gasteiger partial charge in [0, 0.05) is 41.5 Å². The molecule has 7 nitrogen and oxygen atoms in total. The van der Waals surface area contributed by atoms with Crippen molar-refractivity contribution in [3.8, 4) is 0 Å². The van der Waals surface area contributed by atoms with E-state index >= 15 is 0 Å². The van der Waals surface area contributed by atoms with Gasteiger partial charge in [-0.15, -0.1) is 11.3 Å². The van der Waals surface area contributed by atoms with Crippen LogP contribution in [0.25, 0.3) is 10.9 Å². The monoisotopic (exact) mass is 383 g/mol. The maximum absolute atomic E-state index is 12.4. The van der Waals surface area contributed by atoms with E-state index in [9.17, 15) is 9.59 Å². The number of rotatable bonds is 4. The fraction of sp³-hybridized carbons (Fsp3) is 0.316. The van der Waals surface area contributed by atoms with Crippen LogP contribution in [0.3, 0.4) is 0 Å². The number of para-hydroxylation sites is 1. The Balaban J connectivity index is 1.28. The molecule has 0 fully saturated rings. The number of aromatic amines is 1. The standard InChI is InChI=1S/C19H21N5O2S/c1-12-11-27-18(21-12)23-17(25)6-8-20-19(26)24-9-7-14-13-4-2-3-5-15(13)22-16(14)10-24/h2-5,11,22H,6-10H2,1H3,(H,20,26)(H,21,23,25). The normalized spacial score (nSPS) is 13.4. The number of nitrogens with one attached hydrogen (secondary N) is 3. The molecule has 0 bridgehead atoms. The summed E-state index contributed by atoms with van der Waals surface area (Å²) in [5.41, 5.74) is 4.38. The van der Waals surface area contributed by atoms with E-state index in [1.165, 1.54) is 22.3 Å². The number of urea groups is 1. The molecule has 140 valence electrons. The number of hydrogen-bond donors (Lipinski definition) is 3. The van der Waals surface area contributed by atoms with E-state index in [0.717, 1.165) is 23.3 Å². The van der Waals surface area contributed by atoms with Gasteiger partial charge in [0.05, 0.1) is 12.2 Å². The van der Waals surface area contributed by atoms with Crippen molar-refractivity contribution in [1.29, 1.82) is 0 Å². The van der Waals surface area contributed by atoms with Gasteiger partial charge in [-0.2, -0.15) is 0 Å². The number of thiazole rings is 1. The molecule has 3 N–H and O–H groups in total. The number of hydrogen-bond acceptors (Lipinski definition) is 4. The number of benzene rings is 1. The minimum atomic E-state index is -0.152. The molecule has 1 aliphatic rings. The third kappa shape index (κ3) is 3.80. The van der Waals surface area contributed by atoms with Crippen molar-refractivity contribution in [2.45, 2.75) is 26.3 Å². The molecule has 2 aromatic heterocycles. The van der Waals surface area contributed by atoms with Crippen LogP contribution < -0.4 is 10.6 Å². The molecule has 0 unspecified atom stereocenters. The second kappa shape index (κ2) is 7.40. The molecule has 0 saturated carbocycles. The predicted molar refractivity (Wildman–Crippen MR) is 106 cm³/mol. The lowest BCUT2D eigenvalue weighted by atomic mass is 10.0. The quantitative estimate of drug-likeness (QED) is 0.647. The number of carbonyl (C=O) groups is 2. The van der Waals surface area contributed by atoms with Gasteiger partial charge in [0.25, 0.3) is 0 Å². The number of aryl methyl sites for hydroxylation is 1. The third-order valence-electron chi connectivity index (χ3n) is 4.66. The zero-order valence-electron chi connectivity index (χ0n) is 15.0. The molecular formula is C19H21N5O2S. The molecule has 1 aromatic carbocycles. The lowest BCUT2D eigenvalue weighted by Crippen LogP contribution is -2.43. The van der Waals surface area contributed by atoms with Gasteiger partial charge < -0.3 is 20.5 Å². The summed E-state index contributed by atoms with van der Waals surface area (Å²) in [6.45, 7) is 3.40. The molecule has 8 heteroatoms. The lowest BCUT2D eigenvalue weighted by Gasteiger charge is -2.27. The first-order valence-corrected chi connectivity index (χ1v) is 9.81. The summed E-state index contributed by atoms with van der Waals surface area (Å²) >= 11 is 1.39. The predicted octanol–water partition coefficient (Wildman–Crippen LogP) is 3.03. The molecule has 3 amide bonds. The van der Waals surface area contributed by atoms with E-state index in [1.807, 2.05) is 24.4 Å². The first-order valence-electron chi connectivity index (χ1n) is 8.93. The minimum Gasteiger partial charge on any atom is -0.357 e. The Kier molecular flexibility index (Phi) is 4.81. The summed E-state index contributed by atoms with van der Waals surface area (Å²) in [7, 11) is 0. The van der Waals surface area contributed by atoms with Crippen molar-refractivity contribution < 1.29 is 9.59 Å². The zero-order chi connectivity index (χ0) is 18.8. The van der Waals surface area contributed by atoms with E-state index in [4.69, 9.17) is 0 Å². The van der Waals surface area contributed by atoms with Crippen molar-refractivity contribution >= 4 is 39.3 Å². The summed E-state index contributed by atoms with van der Waals surface area (Å²) < 4.78 is 0. The largest absolute Gasteiger partial charge is 0.357 e. The highest BCUT2D eigenvalue weighted by molar-refractivity contribution is 7.13. The lowest BCUT2D eigenvalue weighted by molar-refractivity contribution is -0.116. The molecule has 0 saturated heterocycles. The molecule has 3 heterocycles. The number of anilines is 1. The van der Waals surface area contributed by atoms with Crippen LogP contribution in [0.4, 0.5) is 9.93 Å². The fourth-order valence-corrected chi connectivity index (χ4v) is 4.06. The van der Waals surface area contributed by atoms with Crippen molar-refractivity contribution in [3.05, 3.63) is 46.6 Å². The van der Waals surface area contributed by atoms with E-state index in [0.29, 0.717) is 24.8 Å². The van der Waals surface area contributed by atoms with Crippen LogP contribution in [0.15, 0.2) is 29.6 Å². The topological polar surface area (TPSA) is 90.1 Å². The first-order chi connectivity index (χ1) is 13.1. The Hall–Kier alpha value is -2.87. The summed E-state index contributed by atoms with van der Waals surface area (Å²) in [5, 5.41) is 9.28. The van der Waals surface area contributed by atoms with Crippen molar-refractivity contribution in [3.63, 3.8) is 0 Å². The van der Waals surface area contributed by atoms with E-state index in [1.54, 1.807) is 4.90 Å². The van der Waals surface area contributed by atoms with Crippen LogP contribution in [0, 0.1) is 6.92 Å². The van der Waals surface area contributed by atoms with Gasteiger partial charge in [0.15, 0.2) is 5.13 Å². The molecule has 0 atom stereocenters. The number of fused-ring (bicyclic) bond motifs is 3. The Morgan fingerprint density at radius 2 is 2.19 bits per heavy atom. The zero-order valence-corrected chi connectivity index (χ0v) is 15.9. The Morgan fingerprint density at radius 1 is 1.33 bits per heavy atom. The third-order valence-corrected chi connectivity index (χ3v) is 5.54. The Bertz CT molecular complexity index is 993. The van der Waals surface area contributed by atoms with E-state index in [2.05, 4.69) is 32.7 Å². The highest BCUT2D eigenvalue weighted by Crippen LogP contribution is 2.27. The van der Waals surface area contributed by atoms with Gasteiger partial charge in [-0.25, -0.2) is 9.78 Å². The van der Waals surface area contributed by atoms with Crippen molar-refractivity contribution in [2.24, 2.45) is 0 Å². The van der Waals surface area contributed by atoms with Crippen LogP contribution in [-0.2, 0) is 17.8 Å². The van der Waals surface area contributed by atoms with Crippen LogP contribution in [0.1, 0.15) is 23.4 Å². The number of amides is 3. The SMILES string of the molecule is Cc1csc(NC(=O)CCNC(=O)N2CCc3c([nH]c4ccccc34)C2)n1. The summed E-state index contributed by atoms with van der Waals surface area (Å²) in [6, 6.07) is 8.07. The van der Waals surface area contributed by atoms with E-state index < -0.39 is 0 Å². The number of aromatic nitrogens is 2. The molecule has 0 aliphatic carbocycles. The molecular weight excluding hydrogens is 362 g/mol. The number of H-pyrrole nitrogens is 1. The summed E-state index contributed by atoms with van der Waals surface area (Å²) in [6.07, 6.45) is 1.05. The summed E-state index contributed by atoms with van der Waals surface area (Å²) in [4.78, 5) is 33.7. The molecule has 0 radical (unpaired) electrons. The van der Waals surface area contributed by atoms with Crippen molar-refractivity contribution in [2.75, 3.05) is 18.4 Å². The van der Waals surface area contributed by atoms with Gasteiger partial charge in [-0.1, -0.05) is 18.2 Å². The molecule has 3 aromatic rings. The van der Waals surface area contributed by atoms with Crippen LogP contribution in [0.2, 0.25) is 0 Å². The smallest absolute Gasteiger partial charge is 0.317 e. The highest BCUT2D eigenvalue weighted by atomic mass is 32.1. The Morgan fingerprint density at radius 3 is 3.00 bits per heavy atom. The van der Waals surface area contributed by atoms with Gasteiger partial charge in [0.1, 0.15) is 0 Å². The summed E-state index contributed by atoms with van der Waals surface area (Å²) in [5.74, 6) is -0.152. The van der Waals surface area contributed by atoms with Gasteiger partial charge >= 0.3 is 6.03 Å². The minimum absolute atomic E-state index is 0.141. The molecule has 27 heavy (non-hydrogen) atoms. The van der Waals surface area contributed by atoms with Crippen LogP contribution in [0.5, 0.6) is 0 Å². The fourth-order valence-electron chi connectivity index (χ4n) is 3.35. The maximum Gasteiger partial charge on any atom is 0.317 e. The highest BCUT2D eigenvalue weighted by Gasteiger charge is 2.23. The van der Waals surface area contributed by atoms with Crippen LogP contribution in [-0.4, -0.2) is 39.9 Å². The molecule has 4 rings (SSSR count). The van der Waals surface area contributed by atoms with Crippen molar-refractivity contribution in [1.82, 2.24) is 20.2 Å². The number of nitrogens with zero attached hydrogens (tertiary/aromatic N) is 2. The molecule has 1 aliphatic heterocycles. The maximum atomic E-state index is 12.4. The average molecular weight is 383 g/mol.